The Balaban J connectivity index is 1.77. The van der Waals surface area contributed by atoms with Gasteiger partial charge in [0.2, 0.25) is 0 Å². The van der Waals surface area contributed by atoms with Crippen LogP contribution in [-0.2, 0) is 16.6 Å². The fourth-order valence-corrected chi connectivity index (χ4v) is 4.77. The number of rotatable bonds is 5. The topological polar surface area (TPSA) is 71.8 Å². The standard InChI is InChI=1S/C28H23ClN2O4/c1-3-35-20-8-6-7-17(15-20)26(32)24-25(22-16-30(2)23-10-5-4-9-21(22)23)31(28(34)27(24)33)19-13-11-18(29)12-14-19/h4-16,25,32H,3H2,1-2H3/b26-24+. The molecule has 7 heteroatoms. The predicted octanol–water partition coefficient (Wildman–Crippen LogP) is 5.86. The second kappa shape index (κ2) is 8.96. The molecule has 6 nitrogen and oxygen atoms in total. The van der Waals surface area contributed by atoms with Crippen molar-refractivity contribution in [3.63, 3.8) is 0 Å². The van der Waals surface area contributed by atoms with Crippen molar-refractivity contribution < 1.29 is 19.4 Å². The Morgan fingerprint density at radius 3 is 2.51 bits per heavy atom. The van der Waals surface area contributed by atoms with E-state index in [0.717, 1.165) is 16.5 Å². The lowest BCUT2D eigenvalue weighted by molar-refractivity contribution is -0.132. The third-order valence-electron chi connectivity index (χ3n) is 6.19. The summed E-state index contributed by atoms with van der Waals surface area (Å²) in [5.41, 5.74) is 2.61. The van der Waals surface area contributed by atoms with E-state index in [2.05, 4.69) is 0 Å². The number of carbonyl (C=O) groups is 2. The molecule has 1 amide bonds. The first-order valence-corrected chi connectivity index (χ1v) is 11.6. The molecule has 1 saturated heterocycles. The smallest absolute Gasteiger partial charge is 0.300 e. The minimum Gasteiger partial charge on any atom is -0.507 e. The van der Waals surface area contributed by atoms with Crippen molar-refractivity contribution in [2.45, 2.75) is 13.0 Å². The van der Waals surface area contributed by atoms with E-state index in [1.165, 1.54) is 4.90 Å². The van der Waals surface area contributed by atoms with Crippen molar-refractivity contribution in [3.05, 3.63) is 101 Å². The maximum Gasteiger partial charge on any atom is 0.300 e. The molecule has 0 radical (unpaired) electrons. The summed E-state index contributed by atoms with van der Waals surface area (Å²) in [5, 5.41) is 12.8. The first kappa shape index (κ1) is 22.7. The Hall–Kier alpha value is -4.03. The Bertz CT molecular complexity index is 1490. The zero-order valence-electron chi connectivity index (χ0n) is 19.2. The van der Waals surface area contributed by atoms with E-state index in [1.54, 1.807) is 48.5 Å². The minimum absolute atomic E-state index is 0.0231. The fourth-order valence-electron chi connectivity index (χ4n) is 4.64. The molecule has 5 rings (SSSR count). The van der Waals surface area contributed by atoms with Crippen molar-refractivity contribution in [1.29, 1.82) is 0 Å². The predicted molar refractivity (Wildman–Crippen MR) is 137 cm³/mol. The monoisotopic (exact) mass is 486 g/mol. The summed E-state index contributed by atoms with van der Waals surface area (Å²) in [7, 11) is 1.91. The second-order valence-corrected chi connectivity index (χ2v) is 8.76. The number of aliphatic hydroxyl groups is 1. The number of nitrogens with zero attached hydrogens (tertiary/aromatic N) is 2. The number of benzene rings is 3. The lowest BCUT2D eigenvalue weighted by Gasteiger charge is -2.25. The van der Waals surface area contributed by atoms with Gasteiger partial charge in [-0.3, -0.25) is 14.5 Å². The Morgan fingerprint density at radius 2 is 1.77 bits per heavy atom. The maximum absolute atomic E-state index is 13.4. The Labute approximate surface area is 207 Å². The number of aromatic nitrogens is 1. The van der Waals surface area contributed by atoms with E-state index in [0.29, 0.717) is 28.6 Å². The molecule has 35 heavy (non-hydrogen) atoms. The molecule has 4 aromatic rings. The third kappa shape index (κ3) is 3.86. The van der Waals surface area contributed by atoms with Crippen LogP contribution in [-0.4, -0.2) is 28.0 Å². The van der Waals surface area contributed by atoms with Gasteiger partial charge in [0.15, 0.2) is 0 Å². The van der Waals surface area contributed by atoms with Gasteiger partial charge in [-0.15, -0.1) is 0 Å². The number of Topliss-reactive ketones (excluding diaryl/α,β-unsaturated/α-hetero) is 1. The number of ether oxygens (including phenoxy) is 1. The normalized spacial score (nSPS) is 17.3. The number of hydrogen-bond acceptors (Lipinski definition) is 4. The number of aliphatic hydroxyl groups excluding tert-OH is 1. The molecular weight excluding hydrogens is 464 g/mol. The summed E-state index contributed by atoms with van der Waals surface area (Å²) in [6.07, 6.45) is 1.90. The summed E-state index contributed by atoms with van der Waals surface area (Å²) >= 11 is 6.08. The third-order valence-corrected chi connectivity index (χ3v) is 6.44. The van der Waals surface area contributed by atoms with Gasteiger partial charge in [-0.2, -0.15) is 0 Å². The first-order chi connectivity index (χ1) is 16.9. The molecule has 0 bridgehead atoms. The number of hydrogen-bond donors (Lipinski definition) is 1. The van der Waals surface area contributed by atoms with E-state index >= 15 is 0 Å². The zero-order valence-corrected chi connectivity index (χ0v) is 20.0. The van der Waals surface area contributed by atoms with Gasteiger partial charge in [0.1, 0.15) is 11.5 Å². The molecule has 1 atom stereocenters. The van der Waals surface area contributed by atoms with Gasteiger partial charge >= 0.3 is 0 Å². The summed E-state index contributed by atoms with van der Waals surface area (Å²) in [6.45, 7) is 2.33. The summed E-state index contributed by atoms with van der Waals surface area (Å²) in [6, 6.07) is 20.5. The van der Waals surface area contributed by atoms with Crippen LogP contribution in [0.1, 0.15) is 24.1 Å². The molecule has 0 spiro atoms. The van der Waals surface area contributed by atoms with Gasteiger partial charge in [-0.25, -0.2) is 0 Å². The van der Waals surface area contributed by atoms with Crippen molar-refractivity contribution >= 4 is 45.6 Å². The maximum atomic E-state index is 13.4. The van der Waals surface area contributed by atoms with Crippen LogP contribution < -0.4 is 9.64 Å². The van der Waals surface area contributed by atoms with E-state index in [1.807, 2.05) is 49.0 Å². The molecule has 176 valence electrons. The lowest BCUT2D eigenvalue weighted by atomic mass is 9.94. The van der Waals surface area contributed by atoms with Crippen LogP contribution in [0.3, 0.4) is 0 Å². The number of aryl methyl sites for hydroxylation is 1. The quantitative estimate of drug-likeness (QED) is 0.218. The highest BCUT2D eigenvalue weighted by atomic mass is 35.5. The van der Waals surface area contributed by atoms with Gasteiger partial charge in [-0.05, 0) is 49.4 Å². The molecule has 1 unspecified atom stereocenters. The molecule has 0 saturated carbocycles. The molecule has 1 fully saturated rings. The van der Waals surface area contributed by atoms with Crippen LogP contribution in [0, 0.1) is 0 Å². The fraction of sp³-hybridized carbons (Fsp3) is 0.143. The van der Waals surface area contributed by atoms with Crippen LogP contribution in [0.5, 0.6) is 5.75 Å². The molecular formula is C28H23ClN2O4. The van der Waals surface area contributed by atoms with Gasteiger partial charge in [0.25, 0.3) is 11.7 Å². The largest absolute Gasteiger partial charge is 0.507 e. The molecule has 1 aromatic heterocycles. The van der Waals surface area contributed by atoms with E-state index in [4.69, 9.17) is 16.3 Å². The average Bonchev–Trinajstić information content (AvgIpc) is 3.33. The summed E-state index contributed by atoms with van der Waals surface area (Å²) in [5.74, 6) is -1.16. The molecule has 1 N–H and O–H groups in total. The minimum atomic E-state index is -0.835. The van der Waals surface area contributed by atoms with Crippen LogP contribution >= 0.6 is 11.6 Å². The zero-order chi connectivity index (χ0) is 24.7. The van der Waals surface area contributed by atoms with Crippen LogP contribution in [0.2, 0.25) is 5.02 Å². The number of carbonyl (C=O) groups excluding carboxylic acids is 2. The number of amides is 1. The average molecular weight is 487 g/mol. The SMILES string of the molecule is CCOc1cccc(/C(O)=C2\C(=O)C(=O)N(c3ccc(Cl)cc3)C2c2cn(C)c3ccccc23)c1. The van der Waals surface area contributed by atoms with Gasteiger partial charge in [-0.1, -0.05) is 41.9 Å². The highest BCUT2D eigenvalue weighted by Crippen LogP contribution is 2.45. The van der Waals surface area contributed by atoms with Crippen molar-refractivity contribution in [1.82, 2.24) is 4.57 Å². The summed E-state index contributed by atoms with van der Waals surface area (Å²) in [4.78, 5) is 28.3. The van der Waals surface area contributed by atoms with Crippen molar-refractivity contribution in [3.8, 4) is 5.75 Å². The number of fused-ring (bicyclic) bond motifs is 1. The summed E-state index contributed by atoms with van der Waals surface area (Å²) < 4.78 is 7.52. The molecule has 3 aromatic carbocycles. The van der Waals surface area contributed by atoms with Crippen LogP contribution in [0.25, 0.3) is 16.7 Å². The number of ketones is 1. The van der Waals surface area contributed by atoms with E-state index in [-0.39, 0.29) is 11.3 Å². The Kier molecular flexibility index (Phi) is 5.83. The molecule has 1 aliphatic rings. The highest BCUT2D eigenvalue weighted by molar-refractivity contribution is 6.52. The Morgan fingerprint density at radius 1 is 1.03 bits per heavy atom. The number of anilines is 1. The van der Waals surface area contributed by atoms with Crippen LogP contribution in [0.4, 0.5) is 5.69 Å². The first-order valence-electron chi connectivity index (χ1n) is 11.2. The highest BCUT2D eigenvalue weighted by Gasteiger charge is 2.47. The van der Waals surface area contributed by atoms with E-state index in [9.17, 15) is 14.7 Å². The molecule has 1 aliphatic heterocycles. The molecule has 2 heterocycles. The second-order valence-electron chi connectivity index (χ2n) is 8.32. The van der Waals surface area contributed by atoms with Crippen molar-refractivity contribution in [2.24, 2.45) is 7.05 Å². The van der Waals surface area contributed by atoms with Crippen molar-refractivity contribution in [2.75, 3.05) is 11.5 Å². The van der Waals surface area contributed by atoms with Gasteiger partial charge in [0, 0.05) is 46.0 Å². The number of para-hydroxylation sites is 1. The lowest BCUT2D eigenvalue weighted by Crippen LogP contribution is -2.29. The van der Waals surface area contributed by atoms with Gasteiger partial charge < -0.3 is 14.4 Å². The van der Waals surface area contributed by atoms with Crippen LogP contribution in [0.15, 0.2) is 84.6 Å². The number of halogens is 1. The molecule has 0 aliphatic carbocycles. The van der Waals surface area contributed by atoms with Gasteiger partial charge in [0.05, 0.1) is 18.2 Å². The van der Waals surface area contributed by atoms with E-state index < -0.39 is 17.7 Å².